The summed E-state index contributed by atoms with van der Waals surface area (Å²) in [5, 5.41) is 2.53. The van der Waals surface area contributed by atoms with E-state index in [9.17, 15) is 27.6 Å². The molecule has 2 aromatic heterocycles. The van der Waals surface area contributed by atoms with Crippen molar-refractivity contribution in [3.8, 4) is 0 Å². The zero-order chi connectivity index (χ0) is 23.5. The minimum atomic E-state index is -4.44. The molecule has 0 saturated carbocycles. The van der Waals surface area contributed by atoms with Crippen molar-refractivity contribution in [3.05, 3.63) is 77.0 Å². The van der Waals surface area contributed by atoms with Crippen molar-refractivity contribution in [3.63, 3.8) is 0 Å². The Kier molecular flexibility index (Phi) is 6.52. The van der Waals surface area contributed by atoms with Gasteiger partial charge in [-0.05, 0) is 44.2 Å². The van der Waals surface area contributed by atoms with Crippen LogP contribution in [0.2, 0.25) is 0 Å². The van der Waals surface area contributed by atoms with Gasteiger partial charge in [-0.25, -0.2) is 4.79 Å². The highest BCUT2D eigenvalue weighted by Crippen LogP contribution is 2.24. The smallest absolute Gasteiger partial charge is 0.406 e. The van der Waals surface area contributed by atoms with Crippen molar-refractivity contribution in [1.29, 1.82) is 0 Å². The number of anilines is 1. The maximum absolute atomic E-state index is 12.8. The van der Waals surface area contributed by atoms with E-state index < -0.39 is 37.0 Å². The number of esters is 1. The first kappa shape index (κ1) is 22.9. The molecule has 7 nitrogen and oxygen atoms in total. The first-order chi connectivity index (χ1) is 15.1. The van der Waals surface area contributed by atoms with Gasteiger partial charge in [0.25, 0.3) is 5.91 Å². The molecule has 0 radical (unpaired) electrons. The van der Waals surface area contributed by atoms with Crippen molar-refractivity contribution >= 4 is 23.3 Å². The van der Waals surface area contributed by atoms with E-state index in [1.165, 1.54) is 50.4 Å². The predicted octanol–water partition coefficient (Wildman–Crippen LogP) is 4.55. The van der Waals surface area contributed by atoms with Crippen LogP contribution >= 0.6 is 0 Å². The van der Waals surface area contributed by atoms with E-state index in [2.05, 4.69) is 5.32 Å². The van der Waals surface area contributed by atoms with Gasteiger partial charge in [0.05, 0.1) is 17.5 Å². The van der Waals surface area contributed by atoms with E-state index in [1.807, 2.05) is 0 Å². The molecule has 10 heteroatoms. The second-order valence-electron chi connectivity index (χ2n) is 6.96. The van der Waals surface area contributed by atoms with Crippen molar-refractivity contribution in [2.75, 3.05) is 11.9 Å². The zero-order valence-electron chi connectivity index (χ0n) is 17.2. The number of aromatic nitrogens is 1. The number of nitrogens with one attached hydrogen (secondary N) is 1. The summed E-state index contributed by atoms with van der Waals surface area (Å²) in [4.78, 5) is 37.2. The number of ether oxygens (including phenoxy) is 1. The van der Waals surface area contributed by atoms with Gasteiger partial charge >= 0.3 is 12.1 Å². The van der Waals surface area contributed by atoms with E-state index in [0.29, 0.717) is 0 Å². The number of Topliss-reactive ketones (excluding diaryl/α,β-unsaturated/α-hetero) is 1. The molecule has 2 heterocycles. The van der Waals surface area contributed by atoms with E-state index in [0.717, 1.165) is 4.57 Å². The second-order valence-corrected chi connectivity index (χ2v) is 6.96. The van der Waals surface area contributed by atoms with Crippen LogP contribution in [0.5, 0.6) is 0 Å². The Labute approximate surface area is 180 Å². The summed E-state index contributed by atoms with van der Waals surface area (Å²) in [5.41, 5.74) is 0.587. The average molecular weight is 448 g/mol. The van der Waals surface area contributed by atoms with Gasteiger partial charge in [0, 0.05) is 17.0 Å². The van der Waals surface area contributed by atoms with Crippen LogP contribution in [0.15, 0.2) is 53.1 Å². The Morgan fingerprint density at radius 3 is 2.44 bits per heavy atom. The quantitative estimate of drug-likeness (QED) is 0.423. The molecular formula is C22H19F3N2O5. The van der Waals surface area contributed by atoms with E-state index >= 15 is 0 Å². The van der Waals surface area contributed by atoms with Crippen molar-refractivity contribution in [2.45, 2.75) is 26.6 Å². The summed E-state index contributed by atoms with van der Waals surface area (Å²) >= 11 is 0. The number of nitrogens with zero attached hydrogens (tertiary/aromatic N) is 1. The fraction of sp³-hybridized carbons (Fsp3) is 0.227. The van der Waals surface area contributed by atoms with Crippen LogP contribution in [-0.2, 0) is 11.3 Å². The Bertz CT molecular complexity index is 1150. The molecule has 32 heavy (non-hydrogen) atoms. The van der Waals surface area contributed by atoms with E-state index in [4.69, 9.17) is 9.15 Å². The summed E-state index contributed by atoms with van der Waals surface area (Å²) < 4.78 is 49.3. The number of alkyl halides is 3. The lowest BCUT2D eigenvalue weighted by Crippen LogP contribution is -2.20. The molecule has 0 aliphatic heterocycles. The number of halogens is 3. The molecule has 1 amide bonds. The predicted molar refractivity (Wildman–Crippen MR) is 108 cm³/mol. The topological polar surface area (TPSA) is 90.5 Å². The number of ketones is 1. The number of hydrogen-bond acceptors (Lipinski definition) is 5. The monoisotopic (exact) mass is 448 g/mol. The molecule has 1 N–H and O–H groups in total. The summed E-state index contributed by atoms with van der Waals surface area (Å²) in [6.07, 6.45) is -3.11. The largest absolute Gasteiger partial charge is 0.459 e. The Morgan fingerprint density at radius 2 is 1.78 bits per heavy atom. The van der Waals surface area contributed by atoms with Crippen molar-refractivity contribution < 1.29 is 36.7 Å². The van der Waals surface area contributed by atoms with Gasteiger partial charge in [0.2, 0.25) is 5.78 Å². The second kappa shape index (κ2) is 9.13. The lowest BCUT2D eigenvalue weighted by Gasteiger charge is -2.12. The highest BCUT2D eigenvalue weighted by Gasteiger charge is 2.30. The van der Waals surface area contributed by atoms with Crippen LogP contribution in [0.1, 0.15) is 42.7 Å². The van der Waals surface area contributed by atoms with Gasteiger partial charge in [-0.15, -0.1) is 0 Å². The molecule has 0 fully saturated rings. The third-order valence-electron chi connectivity index (χ3n) is 4.69. The lowest BCUT2D eigenvalue weighted by molar-refractivity contribution is -0.141. The number of carbonyl (C=O) groups excluding carboxylic acids is 3. The number of rotatable bonds is 7. The van der Waals surface area contributed by atoms with Crippen LogP contribution in [-0.4, -0.2) is 35.0 Å². The van der Waals surface area contributed by atoms with E-state index in [1.54, 1.807) is 12.1 Å². The first-order valence-electron chi connectivity index (χ1n) is 9.44. The van der Waals surface area contributed by atoms with Crippen LogP contribution in [0, 0.1) is 13.8 Å². The SMILES string of the molecule is Cc1cc(C(=O)COC(=O)c2ccccc2NC(=O)c2ccco2)c(C)n1CC(F)(F)F. The number of amides is 1. The summed E-state index contributed by atoms with van der Waals surface area (Å²) in [6, 6.07) is 10.3. The zero-order valence-corrected chi connectivity index (χ0v) is 17.2. The van der Waals surface area contributed by atoms with Gasteiger partial charge in [0.1, 0.15) is 6.54 Å². The van der Waals surface area contributed by atoms with Gasteiger partial charge in [0.15, 0.2) is 12.4 Å². The van der Waals surface area contributed by atoms with Crippen LogP contribution in [0.4, 0.5) is 18.9 Å². The van der Waals surface area contributed by atoms with Crippen molar-refractivity contribution in [2.24, 2.45) is 0 Å². The fourth-order valence-corrected chi connectivity index (χ4v) is 3.15. The number of carbonyl (C=O) groups is 3. The van der Waals surface area contributed by atoms with Crippen LogP contribution in [0.25, 0.3) is 0 Å². The van der Waals surface area contributed by atoms with Crippen LogP contribution in [0.3, 0.4) is 0 Å². The third kappa shape index (κ3) is 5.26. The fourth-order valence-electron chi connectivity index (χ4n) is 3.15. The van der Waals surface area contributed by atoms with Crippen LogP contribution < -0.4 is 5.32 Å². The number of furan rings is 1. The van der Waals surface area contributed by atoms with Crippen molar-refractivity contribution in [1.82, 2.24) is 4.57 Å². The normalized spacial score (nSPS) is 11.3. The van der Waals surface area contributed by atoms with Gasteiger partial charge in [-0.1, -0.05) is 12.1 Å². The van der Waals surface area contributed by atoms with Gasteiger partial charge in [-0.3, -0.25) is 9.59 Å². The summed E-state index contributed by atoms with van der Waals surface area (Å²) in [5.74, 6) is -2.06. The maximum Gasteiger partial charge on any atom is 0.406 e. The average Bonchev–Trinajstić information content (AvgIpc) is 3.36. The molecule has 3 aromatic rings. The molecule has 0 saturated heterocycles. The minimum Gasteiger partial charge on any atom is -0.459 e. The molecule has 0 bridgehead atoms. The molecule has 3 rings (SSSR count). The molecular weight excluding hydrogens is 429 g/mol. The lowest BCUT2D eigenvalue weighted by atomic mass is 10.1. The Hall–Kier alpha value is -3.82. The third-order valence-corrected chi connectivity index (χ3v) is 4.69. The molecule has 0 aliphatic carbocycles. The summed E-state index contributed by atoms with van der Waals surface area (Å²) in [6.45, 7) is 0.961. The maximum atomic E-state index is 12.8. The number of hydrogen-bond donors (Lipinski definition) is 1. The van der Waals surface area contributed by atoms with E-state index in [-0.39, 0.29) is 34.0 Å². The Morgan fingerprint density at radius 1 is 1.06 bits per heavy atom. The number of para-hydroxylation sites is 1. The Balaban J connectivity index is 1.70. The minimum absolute atomic E-state index is 0.00255. The number of benzene rings is 1. The highest BCUT2D eigenvalue weighted by atomic mass is 19.4. The number of aryl methyl sites for hydroxylation is 1. The molecule has 0 spiro atoms. The molecule has 0 aliphatic rings. The molecule has 0 atom stereocenters. The summed E-state index contributed by atoms with van der Waals surface area (Å²) in [7, 11) is 0. The standard InChI is InChI=1S/C22H19F3N2O5/c1-13-10-16(14(2)27(13)12-22(23,24)25)18(28)11-32-21(30)15-6-3-4-7-17(15)26-20(29)19-8-5-9-31-19/h3-10H,11-12H2,1-2H3,(H,26,29). The first-order valence-corrected chi connectivity index (χ1v) is 9.44. The van der Waals surface area contributed by atoms with Gasteiger partial charge in [-0.2, -0.15) is 13.2 Å². The molecule has 168 valence electrons. The van der Waals surface area contributed by atoms with Gasteiger partial charge < -0.3 is 19.0 Å². The molecule has 1 aromatic carbocycles. The molecule has 0 unspecified atom stereocenters. The highest BCUT2D eigenvalue weighted by molar-refractivity contribution is 6.07.